The minimum absolute atomic E-state index is 0.0954. The Balaban J connectivity index is 2.73. The molecule has 0 radical (unpaired) electrons. The maximum absolute atomic E-state index is 13.0. The van der Waals surface area contributed by atoms with Gasteiger partial charge in [0.25, 0.3) is 0 Å². The molecule has 0 atom stereocenters. The van der Waals surface area contributed by atoms with Gasteiger partial charge in [0.15, 0.2) is 11.6 Å². The lowest BCUT2D eigenvalue weighted by Crippen LogP contribution is -1.92. The SMILES string of the molecule is O=C(O)CCC=Cc1cc(F)c(F)cc1F. The van der Waals surface area contributed by atoms with E-state index in [1.54, 1.807) is 0 Å². The number of rotatable bonds is 4. The van der Waals surface area contributed by atoms with Crippen molar-refractivity contribution in [3.63, 3.8) is 0 Å². The van der Waals surface area contributed by atoms with Gasteiger partial charge in [-0.15, -0.1) is 0 Å². The summed E-state index contributed by atoms with van der Waals surface area (Å²) in [6, 6.07) is 1.17. The molecule has 0 heterocycles. The van der Waals surface area contributed by atoms with E-state index in [1.165, 1.54) is 12.2 Å². The van der Waals surface area contributed by atoms with Gasteiger partial charge in [0.05, 0.1) is 0 Å². The number of carboxylic acids is 1. The van der Waals surface area contributed by atoms with Crippen LogP contribution in [0.3, 0.4) is 0 Å². The average Bonchev–Trinajstić information content (AvgIpc) is 2.19. The van der Waals surface area contributed by atoms with Gasteiger partial charge in [0.1, 0.15) is 5.82 Å². The first-order chi connectivity index (χ1) is 7.50. The number of carboxylic acid groups (broad SMARTS) is 1. The molecule has 1 aromatic rings. The van der Waals surface area contributed by atoms with E-state index in [1.807, 2.05) is 0 Å². The normalized spacial score (nSPS) is 10.9. The van der Waals surface area contributed by atoms with Gasteiger partial charge >= 0.3 is 5.97 Å². The quantitative estimate of drug-likeness (QED) is 0.807. The summed E-state index contributed by atoms with van der Waals surface area (Å²) < 4.78 is 38.3. The second-order valence-electron chi connectivity index (χ2n) is 3.12. The third kappa shape index (κ3) is 3.42. The summed E-state index contributed by atoms with van der Waals surface area (Å²) in [7, 11) is 0. The molecule has 0 saturated carbocycles. The van der Waals surface area contributed by atoms with Crippen LogP contribution >= 0.6 is 0 Å². The van der Waals surface area contributed by atoms with Gasteiger partial charge in [-0.25, -0.2) is 13.2 Å². The van der Waals surface area contributed by atoms with Gasteiger partial charge in [0.2, 0.25) is 0 Å². The van der Waals surface area contributed by atoms with Gasteiger partial charge in [0, 0.05) is 18.1 Å². The van der Waals surface area contributed by atoms with Crippen LogP contribution in [0.5, 0.6) is 0 Å². The Kier molecular flexibility index (Phi) is 4.10. The molecule has 1 rings (SSSR count). The van der Waals surface area contributed by atoms with Crippen molar-refractivity contribution in [1.82, 2.24) is 0 Å². The predicted octanol–water partition coefficient (Wildman–Crippen LogP) is 2.98. The maximum Gasteiger partial charge on any atom is 0.303 e. The number of hydrogen-bond acceptors (Lipinski definition) is 1. The first kappa shape index (κ1) is 12.3. The summed E-state index contributed by atoms with van der Waals surface area (Å²) in [5.41, 5.74) is -0.107. The molecule has 1 N–H and O–H groups in total. The highest BCUT2D eigenvalue weighted by molar-refractivity contribution is 5.67. The standard InChI is InChI=1S/C11H9F3O2/c12-8-6-10(14)9(13)5-7(8)3-1-2-4-11(15)16/h1,3,5-6H,2,4H2,(H,15,16). The van der Waals surface area contributed by atoms with Crippen molar-refractivity contribution < 1.29 is 23.1 Å². The van der Waals surface area contributed by atoms with Gasteiger partial charge in [-0.05, 0) is 12.5 Å². The van der Waals surface area contributed by atoms with Crippen LogP contribution in [-0.4, -0.2) is 11.1 Å². The lowest BCUT2D eigenvalue weighted by Gasteiger charge is -1.98. The molecule has 0 aliphatic heterocycles. The lowest BCUT2D eigenvalue weighted by atomic mass is 10.1. The zero-order valence-electron chi connectivity index (χ0n) is 8.21. The molecule has 0 amide bonds. The summed E-state index contributed by atoms with van der Waals surface area (Å²) in [4.78, 5) is 10.2. The average molecular weight is 230 g/mol. The Hall–Kier alpha value is -1.78. The summed E-state index contributed by atoms with van der Waals surface area (Å²) in [6.07, 6.45) is 2.72. The number of benzene rings is 1. The van der Waals surface area contributed by atoms with Crippen LogP contribution in [0.25, 0.3) is 6.08 Å². The van der Waals surface area contributed by atoms with E-state index < -0.39 is 23.4 Å². The van der Waals surface area contributed by atoms with Gasteiger partial charge < -0.3 is 5.11 Å². The van der Waals surface area contributed by atoms with Crippen molar-refractivity contribution in [1.29, 1.82) is 0 Å². The molecule has 0 spiro atoms. The fourth-order valence-corrected chi connectivity index (χ4v) is 1.08. The molecule has 0 saturated heterocycles. The van der Waals surface area contributed by atoms with E-state index in [4.69, 9.17) is 5.11 Å². The van der Waals surface area contributed by atoms with E-state index in [9.17, 15) is 18.0 Å². The Morgan fingerprint density at radius 1 is 1.19 bits per heavy atom. The molecule has 0 bridgehead atoms. The smallest absolute Gasteiger partial charge is 0.303 e. The molecule has 5 heteroatoms. The Bertz CT molecular complexity index is 427. The van der Waals surface area contributed by atoms with Crippen LogP contribution in [0.2, 0.25) is 0 Å². The van der Waals surface area contributed by atoms with Crippen molar-refractivity contribution >= 4 is 12.0 Å². The summed E-state index contributed by atoms with van der Waals surface area (Å²) in [5, 5.41) is 8.33. The van der Waals surface area contributed by atoms with Crippen LogP contribution in [0.4, 0.5) is 13.2 Å². The minimum Gasteiger partial charge on any atom is -0.481 e. The Morgan fingerprint density at radius 2 is 1.81 bits per heavy atom. The first-order valence-corrected chi connectivity index (χ1v) is 4.53. The molecule has 2 nitrogen and oxygen atoms in total. The highest BCUT2D eigenvalue weighted by atomic mass is 19.2. The molecular weight excluding hydrogens is 221 g/mol. The molecule has 0 unspecified atom stereocenters. The van der Waals surface area contributed by atoms with Crippen LogP contribution in [0.1, 0.15) is 18.4 Å². The van der Waals surface area contributed by atoms with Crippen molar-refractivity contribution in [3.05, 3.63) is 41.2 Å². The molecule has 16 heavy (non-hydrogen) atoms. The van der Waals surface area contributed by atoms with E-state index in [0.29, 0.717) is 6.07 Å². The summed E-state index contributed by atoms with van der Waals surface area (Å²) >= 11 is 0. The Morgan fingerprint density at radius 3 is 2.44 bits per heavy atom. The number of carbonyl (C=O) groups is 1. The highest BCUT2D eigenvalue weighted by Crippen LogP contribution is 2.15. The molecule has 0 aliphatic carbocycles. The zero-order chi connectivity index (χ0) is 12.1. The predicted molar refractivity (Wildman–Crippen MR) is 52.2 cm³/mol. The first-order valence-electron chi connectivity index (χ1n) is 4.53. The van der Waals surface area contributed by atoms with E-state index in [-0.39, 0.29) is 18.4 Å². The molecule has 86 valence electrons. The van der Waals surface area contributed by atoms with Crippen molar-refractivity contribution in [2.45, 2.75) is 12.8 Å². The van der Waals surface area contributed by atoms with E-state index in [0.717, 1.165) is 6.07 Å². The largest absolute Gasteiger partial charge is 0.481 e. The van der Waals surface area contributed by atoms with Crippen molar-refractivity contribution in [2.75, 3.05) is 0 Å². The van der Waals surface area contributed by atoms with Crippen molar-refractivity contribution in [3.8, 4) is 0 Å². The highest BCUT2D eigenvalue weighted by Gasteiger charge is 2.07. The van der Waals surface area contributed by atoms with Crippen LogP contribution in [-0.2, 0) is 4.79 Å². The fourth-order valence-electron chi connectivity index (χ4n) is 1.08. The minimum atomic E-state index is -1.25. The third-order valence-corrected chi connectivity index (χ3v) is 1.86. The molecular formula is C11H9F3O2. The zero-order valence-corrected chi connectivity index (χ0v) is 8.21. The van der Waals surface area contributed by atoms with E-state index >= 15 is 0 Å². The lowest BCUT2D eigenvalue weighted by molar-refractivity contribution is -0.136. The second kappa shape index (κ2) is 5.34. The monoisotopic (exact) mass is 230 g/mol. The van der Waals surface area contributed by atoms with E-state index in [2.05, 4.69) is 0 Å². The number of halogens is 3. The van der Waals surface area contributed by atoms with Crippen LogP contribution < -0.4 is 0 Å². The molecule has 0 aromatic heterocycles. The van der Waals surface area contributed by atoms with Crippen LogP contribution in [0, 0.1) is 17.5 Å². The second-order valence-corrected chi connectivity index (χ2v) is 3.12. The molecule has 1 aromatic carbocycles. The molecule has 0 fully saturated rings. The third-order valence-electron chi connectivity index (χ3n) is 1.86. The maximum atomic E-state index is 13.0. The fraction of sp³-hybridized carbons (Fsp3) is 0.182. The molecule has 0 aliphatic rings. The Labute approximate surface area is 90.0 Å². The van der Waals surface area contributed by atoms with Crippen LogP contribution in [0.15, 0.2) is 18.2 Å². The number of hydrogen-bond donors (Lipinski definition) is 1. The van der Waals surface area contributed by atoms with Gasteiger partial charge in [-0.2, -0.15) is 0 Å². The van der Waals surface area contributed by atoms with Gasteiger partial charge in [-0.3, -0.25) is 4.79 Å². The summed E-state index contributed by atoms with van der Waals surface area (Å²) in [6.45, 7) is 0. The van der Waals surface area contributed by atoms with Gasteiger partial charge in [-0.1, -0.05) is 12.2 Å². The summed E-state index contributed by atoms with van der Waals surface area (Å²) in [5.74, 6) is -4.25. The number of aliphatic carboxylic acids is 1. The topological polar surface area (TPSA) is 37.3 Å². The van der Waals surface area contributed by atoms with Crippen molar-refractivity contribution in [2.24, 2.45) is 0 Å². The number of allylic oxidation sites excluding steroid dienone is 1.